The highest BCUT2D eigenvalue weighted by Gasteiger charge is 2.33. The number of aliphatic hydroxyl groups is 1. The van der Waals surface area contributed by atoms with Gasteiger partial charge in [-0.1, -0.05) is 35.9 Å². The van der Waals surface area contributed by atoms with Crippen LogP contribution < -0.4 is 0 Å². The van der Waals surface area contributed by atoms with Crippen molar-refractivity contribution in [2.75, 3.05) is 0 Å². The van der Waals surface area contributed by atoms with Crippen molar-refractivity contribution in [3.8, 4) is 11.1 Å². The first-order valence-electron chi connectivity index (χ1n) is 5.90. The molecule has 2 aromatic rings. The van der Waals surface area contributed by atoms with Crippen LogP contribution in [0.1, 0.15) is 16.7 Å². The van der Waals surface area contributed by atoms with Crippen molar-refractivity contribution < 1.29 is 18.3 Å². The Balaban J connectivity index is 2.61. The fraction of sp³-hybridized carbons (Fsp3) is 0.200. The van der Waals surface area contributed by atoms with Gasteiger partial charge < -0.3 is 5.11 Å². The summed E-state index contributed by atoms with van der Waals surface area (Å²) in [5.74, 6) is 0. The summed E-state index contributed by atoms with van der Waals surface area (Å²) in [5.41, 5.74) is 1.20. The molecular weight excluding hydrogens is 289 g/mol. The highest BCUT2D eigenvalue weighted by Crippen LogP contribution is 2.38. The normalized spacial score (nSPS) is 11.7. The number of halogens is 4. The Kier molecular flexibility index (Phi) is 4.06. The summed E-state index contributed by atoms with van der Waals surface area (Å²) >= 11 is 5.66. The SMILES string of the molecule is Cc1cc(-c2ccc(Cl)cc2C(F)(F)F)ccc1CO. The molecule has 0 saturated heterocycles. The summed E-state index contributed by atoms with van der Waals surface area (Å²) in [5, 5.41) is 9.15. The first-order chi connectivity index (χ1) is 9.32. The summed E-state index contributed by atoms with van der Waals surface area (Å²) in [6.07, 6.45) is -4.47. The third-order valence-electron chi connectivity index (χ3n) is 3.11. The summed E-state index contributed by atoms with van der Waals surface area (Å²) in [6, 6.07) is 8.53. The highest BCUT2D eigenvalue weighted by molar-refractivity contribution is 6.30. The quantitative estimate of drug-likeness (QED) is 0.842. The molecule has 0 fully saturated rings. The van der Waals surface area contributed by atoms with E-state index in [4.69, 9.17) is 16.7 Å². The van der Waals surface area contributed by atoms with E-state index >= 15 is 0 Å². The van der Waals surface area contributed by atoms with E-state index in [0.29, 0.717) is 11.1 Å². The van der Waals surface area contributed by atoms with E-state index in [-0.39, 0.29) is 17.2 Å². The van der Waals surface area contributed by atoms with Gasteiger partial charge in [-0.2, -0.15) is 13.2 Å². The van der Waals surface area contributed by atoms with Gasteiger partial charge in [0.1, 0.15) is 0 Å². The van der Waals surface area contributed by atoms with Gasteiger partial charge in [0.2, 0.25) is 0 Å². The minimum Gasteiger partial charge on any atom is -0.392 e. The molecule has 2 aromatic carbocycles. The highest BCUT2D eigenvalue weighted by atomic mass is 35.5. The molecule has 0 unspecified atom stereocenters. The lowest BCUT2D eigenvalue weighted by Crippen LogP contribution is -2.07. The Morgan fingerprint density at radius 3 is 2.35 bits per heavy atom. The predicted octanol–water partition coefficient (Wildman–Crippen LogP) is 4.83. The number of aliphatic hydroxyl groups excluding tert-OH is 1. The molecule has 0 aliphatic heterocycles. The zero-order chi connectivity index (χ0) is 14.9. The van der Waals surface area contributed by atoms with E-state index in [1.807, 2.05) is 0 Å². The van der Waals surface area contributed by atoms with Gasteiger partial charge in [0.25, 0.3) is 0 Å². The first-order valence-corrected chi connectivity index (χ1v) is 6.28. The minimum atomic E-state index is -4.47. The van der Waals surface area contributed by atoms with E-state index in [2.05, 4.69) is 0 Å². The second-order valence-electron chi connectivity index (χ2n) is 4.49. The number of benzene rings is 2. The second-order valence-corrected chi connectivity index (χ2v) is 4.92. The van der Waals surface area contributed by atoms with Crippen molar-refractivity contribution in [2.45, 2.75) is 19.7 Å². The summed E-state index contributed by atoms with van der Waals surface area (Å²) in [7, 11) is 0. The van der Waals surface area contributed by atoms with Crippen LogP contribution in [0.25, 0.3) is 11.1 Å². The van der Waals surface area contributed by atoms with Crippen LogP contribution in [0.15, 0.2) is 36.4 Å². The van der Waals surface area contributed by atoms with Crippen molar-refractivity contribution in [3.05, 3.63) is 58.1 Å². The molecule has 0 spiro atoms. The molecule has 1 nitrogen and oxygen atoms in total. The lowest BCUT2D eigenvalue weighted by atomic mass is 9.96. The molecule has 0 aliphatic rings. The number of hydrogen-bond acceptors (Lipinski definition) is 1. The molecule has 0 aliphatic carbocycles. The van der Waals surface area contributed by atoms with E-state index in [1.54, 1.807) is 25.1 Å². The van der Waals surface area contributed by atoms with Crippen LogP contribution in [0.4, 0.5) is 13.2 Å². The lowest BCUT2D eigenvalue weighted by Gasteiger charge is -2.14. The zero-order valence-electron chi connectivity index (χ0n) is 10.6. The Morgan fingerprint density at radius 1 is 1.10 bits per heavy atom. The maximum atomic E-state index is 13.1. The van der Waals surface area contributed by atoms with Gasteiger partial charge in [-0.15, -0.1) is 0 Å². The number of alkyl halides is 3. The minimum absolute atomic E-state index is 0.0461. The molecule has 5 heteroatoms. The molecule has 0 bridgehead atoms. The van der Waals surface area contributed by atoms with E-state index in [9.17, 15) is 13.2 Å². The van der Waals surface area contributed by atoms with Gasteiger partial charge in [0.05, 0.1) is 12.2 Å². The van der Waals surface area contributed by atoms with Gasteiger partial charge in [-0.05, 0) is 41.3 Å². The Morgan fingerprint density at radius 2 is 1.80 bits per heavy atom. The molecular formula is C15H12ClF3O. The fourth-order valence-electron chi connectivity index (χ4n) is 2.04. The Hall–Kier alpha value is -1.52. The van der Waals surface area contributed by atoms with Crippen LogP contribution in [-0.4, -0.2) is 5.11 Å². The summed E-state index contributed by atoms with van der Waals surface area (Å²) in [4.78, 5) is 0. The van der Waals surface area contributed by atoms with E-state index in [0.717, 1.165) is 11.6 Å². The van der Waals surface area contributed by atoms with Crippen molar-refractivity contribution in [1.29, 1.82) is 0 Å². The fourth-order valence-corrected chi connectivity index (χ4v) is 2.22. The maximum Gasteiger partial charge on any atom is 0.417 e. The molecule has 0 amide bonds. The van der Waals surface area contributed by atoms with Gasteiger partial charge in [-0.3, -0.25) is 0 Å². The molecule has 1 N–H and O–H groups in total. The monoisotopic (exact) mass is 300 g/mol. The smallest absolute Gasteiger partial charge is 0.392 e. The van der Waals surface area contributed by atoms with Gasteiger partial charge in [0.15, 0.2) is 0 Å². The molecule has 0 aromatic heterocycles. The number of rotatable bonds is 2. The third kappa shape index (κ3) is 2.97. The molecule has 2 rings (SSSR count). The topological polar surface area (TPSA) is 20.2 Å². The van der Waals surface area contributed by atoms with Crippen molar-refractivity contribution in [3.63, 3.8) is 0 Å². The van der Waals surface area contributed by atoms with Gasteiger partial charge >= 0.3 is 6.18 Å². The Labute approximate surface area is 119 Å². The van der Waals surface area contributed by atoms with Gasteiger partial charge in [-0.25, -0.2) is 0 Å². The largest absolute Gasteiger partial charge is 0.417 e. The number of hydrogen-bond donors (Lipinski definition) is 1. The number of aryl methyl sites for hydroxylation is 1. The first kappa shape index (κ1) is 14.9. The average Bonchev–Trinajstić information content (AvgIpc) is 2.37. The van der Waals surface area contributed by atoms with Crippen LogP contribution in [0, 0.1) is 6.92 Å². The van der Waals surface area contributed by atoms with E-state index in [1.165, 1.54) is 12.1 Å². The molecule has 0 radical (unpaired) electrons. The van der Waals surface area contributed by atoms with Crippen LogP contribution >= 0.6 is 11.6 Å². The molecule has 20 heavy (non-hydrogen) atoms. The molecule has 106 valence electrons. The Bertz CT molecular complexity index is 636. The predicted molar refractivity (Wildman–Crippen MR) is 72.5 cm³/mol. The third-order valence-corrected chi connectivity index (χ3v) is 3.35. The standard InChI is InChI=1S/C15H12ClF3O/c1-9-6-10(2-3-11(9)8-20)13-5-4-12(16)7-14(13)15(17,18)19/h2-7,20H,8H2,1H3. The molecule has 0 saturated carbocycles. The summed E-state index contributed by atoms with van der Waals surface area (Å²) in [6.45, 7) is 1.61. The van der Waals surface area contributed by atoms with Crippen LogP contribution in [0.2, 0.25) is 5.02 Å². The van der Waals surface area contributed by atoms with Crippen LogP contribution in [0.5, 0.6) is 0 Å². The van der Waals surface area contributed by atoms with Crippen molar-refractivity contribution in [2.24, 2.45) is 0 Å². The second kappa shape index (κ2) is 5.46. The van der Waals surface area contributed by atoms with Gasteiger partial charge in [0, 0.05) is 5.02 Å². The average molecular weight is 301 g/mol. The lowest BCUT2D eigenvalue weighted by molar-refractivity contribution is -0.137. The van der Waals surface area contributed by atoms with Crippen LogP contribution in [0.3, 0.4) is 0 Å². The summed E-state index contributed by atoms with van der Waals surface area (Å²) < 4.78 is 39.2. The molecule has 0 heterocycles. The van der Waals surface area contributed by atoms with Crippen molar-refractivity contribution in [1.82, 2.24) is 0 Å². The maximum absolute atomic E-state index is 13.1. The van der Waals surface area contributed by atoms with Crippen molar-refractivity contribution >= 4 is 11.6 Å². The van der Waals surface area contributed by atoms with E-state index < -0.39 is 11.7 Å². The zero-order valence-corrected chi connectivity index (χ0v) is 11.4. The molecule has 0 atom stereocenters. The van der Waals surface area contributed by atoms with Crippen LogP contribution in [-0.2, 0) is 12.8 Å².